The van der Waals surface area contributed by atoms with Crippen LogP contribution in [0.3, 0.4) is 0 Å². The number of alkyl halides is 12. The van der Waals surface area contributed by atoms with Crippen LogP contribution in [0.1, 0.15) is 0 Å². The topological polar surface area (TPSA) is 0 Å². The minimum atomic E-state index is -7.57. The molecule has 0 fully saturated rings. The van der Waals surface area contributed by atoms with Crippen LogP contribution in [0, 0.1) is 0 Å². The van der Waals surface area contributed by atoms with E-state index in [2.05, 4.69) is 0 Å². The van der Waals surface area contributed by atoms with E-state index in [-0.39, 0.29) is 0 Å². The second-order valence-electron chi connectivity index (χ2n) is 3.07. The van der Waals surface area contributed by atoms with Crippen molar-refractivity contribution < 1.29 is 52.7 Å². The summed E-state index contributed by atoms with van der Waals surface area (Å²) in [5, 5.41) is 0. The smallest absolute Gasteiger partial charge is 0.244 e. The van der Waals surface area contributed by atoms with E-state index in [1.54, 1.807) is 0 Å². The highest BCUT2D eigenvalue weighted by Gasteiger charge is 2.90. The number of rotatable bonds is 3. The van der Waals surface area contributed by atoms with Gasteiger partial charge in [-0.15, -0.1) is 0 Å². The molecule has 0 atom stereocenters. The second-order valence-corrected chi connectivity index (χ2v) is 3.07. The SMILES string of the molecule is FCC(F)(F)C(F)(F)C(F)(C(F)(F)F)C(F)(F)F. The van der Waals surface area contributed by atoms with Crippen molar-refractivity contribution in [1.29, 1.82) is 0 Å². The molecule has 0 saturated carbocycles. The number of hydrogen-bond donors (Lipinski definition) is 0. The third-order valence-electron chi connectivity index (χ3n) is 1.84. The number of hydrogen-bond acceptors (Lipinski definition) is 0. The predicted molar refractivity (Wildman–Crippen MR) is 31.8 cm³/mol. The molecule has 0 aliphatic carbocycles. The first-order chi connectivity index (χ1) is 7.56. The molecule has 0 amide bonds. The van der Waals surface area contributed by atoms with Crippen LogP contribution in [0.5, 0.6) is 0 Å². The highest BCUT2D eigenvalue weighted by Crippen LogP contribution is 2.59. The van der Waals surface area contributed by atoms with Gasteiger partial charge in [0.2, 0.25) is 0 Å². The van der Waals surface area contributed by atoms with Crippen molar-refractivity contribution >= 4 is 0 Å². The van der Waals surface area contributed by atoms with E-state index in [9.17, 15) is 52.7 Å². The standard InChI is InChI=1S/C6H2F12/c7-1-2(8,9)4(11,12)3(10,5(13,14)15)6(16,17)18/h1H2. The van der Waals surface area contributed by atoms with Gasteiger partial charge >= 0.3 is 29.9 Å². The maximum Gasteiger partial charge on any atom is 0.438 e. The van der Waals surface area contributed by atoms with Crippen molar-refractivity contribution in [2.75, 3.05) is 6.67 Å². The van der Waals surface area contributed by atoms with Crippen LogP contribution in [0.4, 0.5) is 52.7 Å². The molecule has 0 aromatic rings. The molecule has 12 heteroatoms. The van der Waals surface area contributed by atoms with E-state index in [1.807, 2.05) is 0 Å². The molecule has 18 heavy (non-hydrogen) atoms. The average Bonchev–Trinajstić information content (AvgIpc) is 2.12. The summed E-state index contributed by atoms with van der Waals surface area (Å²) in [7, 11) is 0. The maximum atomic E-state index is 12.6. The molecule has 110 valence electrons. The van der Waals surface area contributed by atoms with Crippen LogP contribution in [-0.2, 0) is 0 Å². The molecule has 0 bridgehead atoms. The van der Waals surface area contributed by atoms with Gasteiger partial charge in [-0.3, -0.25) is 0 Å². The largest absolute Gasteiger partial charge is 0.438 e. The van der Waals surface area contributed by atoms with E-state index in [0.29, 0.717) is 0 Å². The summed E-state index contributed by atoms with van der Waals surface area (Å²) in [6.45, 7) is -3.60. The molecule has 0 spiro atoms. The quantitative estimate of drug-likeness (QED) is 0.690. The molecule has 0 radical (unpaired) electrons. The lowest BCUT2D eigenvalue weighted by Crippen LogP contribution is -2.70. The first kappa shape index (κ1) is 17.2. The van der Waals surface area contributed by atoms with Gasteiger partial charge in [-0.2, -0.15) is 43.9 Å². The fourth-order valence-electron chi connectivity index (χ4n) is 0.853. The molecule has 0 nitrogen and oxygen atoms in total. The Kier molecular flexibility index (Phi) is 3.89. The van der Waals surface area contributed by atoms with Crippen LogP contribution in [0.15, 0.2) is 0 Å². The van der Waals surface area contributed by atoms with E-state index in [1.165, 1.54) is 0 Å². The first-order valence-electron chi connectivity index (χ1n) is 3.70. The lowest BCUT2D eigenvalue weighted by Gasteiger charge is -2.38. The summed E-state index contributed by atoms with van der Waals surface area (Å²) < 4.78 is 144. The van der Waals surface area contributed by atoms with E-state index in [0.717, 1.165) is 0 Å². The molecule has 0 saturated heterocycles. The Hall–Kier alpha value is -0.840. The number of halogens is 12. The summed E-state index contributed by atoms with van der Waals surface area (Å²) in [5.74, 6) is -13.8. The van der Waals surface area contributed by atoms with Crippen LogP contribution < -0.4 is 0 Å². The Morgan fingerprint density at radius 3 is 1.00 bits per heavy atom. The summed E-state index contributed by atoms with van der Waals surface area (Å²) in [5.41, 5.74) is -7.57. The molecular weight excluding hydrogens is 300 g/mol. The Morgan fingerprint density at radius 1 is 0.556 bits per heavy atom. The molecule has 0 aromatic heterocycles. The molecule has 0 heterocycles. The van der Waals surface area contributed by atoms with Gasteiger partial charge < -0.3 is 0 Å². The minimum Gasteiger partial charge on any atom is -0.244 e. The predicted octanol–water partition coefficient (Wildman–Crippen LogP) is 4.06. The lowest BCUT2D eigenvalue weighted by molar-refractivity contribution is -0.427. The molecule has 0 aliphatic rings. The zero-order valence-electron chi connectivity index (χ0n) is 7.74. The van der Waals surface area contributed by atoms with Gasteiger partial charge in [0.05, 0.1) is 0 Å². The molecule has 0 unspecified atom stereocenters. The molecule has 0 N–H and O–H groups in total. The van der Waals surface area contributed by atoms with Crippen LogP contribution in [0.2, 0.25) is 0 Å². The Balaban J connectivity index is 6.10. The van der Waals surface area contributed by atoms with Crippen molar-refractivity contribution in [3.8, 4) is 0 Å². The van der Waals surface area contributed by atoms with Gasteiger partial charge in [0.25, 0.3) is 0 Å². The van der Waals surface area contributed by atoms with Crippen molar-refractivity contribution in [3.63, 3.8) is 0 Å². The molecule has 0 aliphatic heterocycles. The monoisotopic (exact) mass is 302 g/mol. The summed E-state index contributed by atoms with van der Waals surface area (Å²) in [4.78, 5) is 0. The molecule has 0 rings (SSSR count). The Labute approximate surface area is 90.6 Å². The van der Waals surface area contributed by atoms with Crippen LogP contribution in [-0.4, -0.2) is 36.5 Å². The zero-order chi connectivity index (χ0) is 15.2. The maximum absolute atomic E-state index is 12.6. The zero-order valence-corrected chi connectivity index (χ0v) is 7.74. The van der Waals surface area contributed by atoms with Gasteiger partial charge in [0.1, 0.15) is 0 Å². The summed E-state index contributed by atoms with van der Waals surface area (Å²) in [6.07, 6.45) is -14.8. The average molecular weight is 302 g/mol. The fourth-order valence-corrected chi connectivity index (χ4v) is 0.853. The van der Waals surface area contributed by atoms with Gasteiger partial charge in [0, 0.05) is 0 Å². The Morgan fingerprint density at radius 2 is 0.833 bits per heavy atom. The normalized spacial score (nSPS) is 16.0. The van der Waals surface area contributed by atoms with Crippen LogP contribution in [0.25, 0.3) is 0 Å². The highest BCUT2D eigenvalue weighted by molar-refractivity contribution is 5.10. The van der Waals surface area contributed by atoms with Crippen LogP contribution >= 0.6 is 0 Å². The van der Waals surface area contributed by atoms with E-state index >= 15 is 0 Å². The second kappa shape index (κ2) is 4.08. The fraction of sp³-hybridized carbons (Fsp3) is 1.00. The van der Waals surface area contributed by atoms with Crippen molar-refractivity contribution in [2.45, 2.75) is 29.9 Å². The first-order valence-corrected chi connectivity index (χ1v) is 3.70. The lowest BCUT2D eigenvalue weighted by atomic mass is 9.91. The minimum absolute atomic E-state index is 3.60. The van der Waals surface area contributed by atoms with Gasteiger partial charge in [-0.05, 0) is 0 Å². The third-order valence-corrected chi connectivity index (χ3v) is 1.84. The van der Waals surface area contributed by atoms with E-state index in [4.69, 9.17) is 0 Å². The van der Waals surface area contributed by atoms with Crippen molar-refractivity contribution in [1.82, 2.24) is 0 Å². The molecule has 0 aromatic carbocycles. The summed E-state index contributed by atoms with van der Waals surface area (Å²) >= 11 is 0. The van der Waals surface area contributed by atoms with Crippen molar-refractivity contribution in [2.24, 2.45) is 0 Å². The highest BCUT2D eigenvalue weighted by atomic mass is 19.4. The van der Waals surface area contributed by atoms with Gasteiger partial charge in [-0.1, -0.05) is 0 Å². The summed E-state index contributed by atoms with van der Waals surface area (Å²) in [6, 6.07) is 0. The van der Waals surface area contributed by atoms with Crippen molar-refractivity contribution in [3.05, 3.63) is 0 Å². The van der Waals surface area contributed by atoms with Gasteiger partial charge in [-0.25, -0.2) is 8.78 Å². The third kappa shape index (κ3) is 2.09. The molecular formula is C6H2F12. The van der Waals surface area contributed by atoms with Gasteiger partial charge in [0.15, 0.2) is 6.67 Å². The van der Waals surface area contributed by atoms with E-state index < -0.39 is 36.5 Å². The Bertz CT molecular complexity index is 281.